The fourth-order valence-corrected chi connectivity index (χ4v) is 1.90. The monoisotopic (exact) mass is 212 g/mol. The van der Waals surface area contributed by atoms with E-state index in [4.69, 9.17) is 4.74 Å². The summed E-state index contributed by atoms with van der Waals surface area (Å²) in [7, 11) is 1.66. The van der Waals surface area contributed by atoms with Crippen molar-refractivity contribution in [1.82, 2.24) is 0 Å². The summed E-state index contributed by atoms with van der Waals surface area (Å²) in [5, 5.41) is 0. The van der Waals surface area contributed by atoms with Gasteiger partial charge < -0.3 is 9.29 Å². The van der Waals surface area contributed by atoms with E-state index in [1.54, 1.807) is 13.4 Å². The van der Waals surface area contributed by atoms with Crippen molar-refractivity contribution >= 4 is 11.2 Å². The van der Waals surface area contributed by atoms with Crippen molar-refractivity contribution in [2.45, 2.75) is 24.7 Å². The number of hydrogen-bond acceptors (Lipinski definition) is 2. The fourth-order valence-electron chi connectivity index (χ4n) is 1.34. The van der Waals surface area contributed by atoms with Gasteiger partial charge in [0.15, 0.2) is 4.90 Å². The van der Waals surface area contributed by atoms with E-state index >= 15 is 0 Å². The van der Waals surface area contributed by atoms with Gasteiger partial charge >= 0.3 is 0 Å². The van der Waals surface area contributed by atoms with Crippen molar-refractivity contribution in [1.29, 1.82) is 0 Å². The normalized spacial score (nSPS) is 13.0. The second kappa shape index (κ2) is 4.71. The van der Waals surface area contributed by atoms with E-state index in [-0.39, 0.29) is 0 Å². The first-order valence-electron chi connectivity index (χ1n) is 4.57. The Hall–Kier alpha value is -0.670. The van der Waals surface area contributed by atoms with Gasteiger partial charge in [0.2, 0.25) is 0 Å². The Labute approximate surface area is 88.5 Å². The highest BCUT2D eigenvalue weighted by atomic mass is 32.2. The lowest BCUT2D eigenvalue weighted by atomic mass is 10.0. The maximum atomic E-state index is 11.3. The summed E-state index contributed by atoms with van der Waals surface area (Å²) in [4.78, 5) is 0.856. The molecule has 0 aromatic heterocycles. The summed E-state index contributed by atoms with van der Waals surface area (Å²) >= 11 is -0.922. The summed E-state index contributed by atoms with van der Waals surface area (Å²) in [6, 6.07) is 5.69. The lowest BCUT2D eigenvalue weighted by molar-refractivity contribution is 0.407. The van der Waals surface area contributed by atoms with Gasteiger partial charge in [-0.15, -0.1) is 0 Å². The Morgan fingerprint density at radius 1 is 1.36 bits per heavy atom. The minimum Gasteiger partial charge on any atom is -0.612 e. The van der Waals surface area contributed by atoms with Crippen LogP contribution >= 0.6 is 0 Å². The van der Waals surface area contributed by atoms with Crippen LogP contribution in [0, 0.1) is 0 Å². The molecule has 0 saturated heterocycles. The van der Waals surface area contributed by atoms with Gasteiger partial charge in [-0.05, 0) is 29.2 Å². The predicted molar refractivity (Wildman–Crippen MR) is 59.4 cm³/mol. The Bertz CT molecular complexity index is 308. The van der Waals surface area contributed by atoms with E-state index in [0.717, 1.165) is 16.2 Å². The van der Waals surface area contributed by atoms with Crippen LogP contribution in [0.25, 0.3) is 0 Å². The molecule has 1 atom stereocenters. The van der Waals surface area contributed by atoms with Gasteiger partial charge in [-0.2, -0.15) is 0 Å². The Morgan fingerprint density at radius 3 is 2.43 bits per heavy atom. The Kier molecular flexibility index (Phi) is 3.84. The van der Waals surface area contributed by atoms with E-state index in [1.807, 2.05) is 18.2 Å². The minimum absolute atomic E-state index is 0.383. The molecule has 0 N–H and O–H groups in total. The number of methoxy groups -OCH3 is 1. The van der Waals surface area contributed by atoms with Gasteiger partial charge in [0, 0.05) is 11.6 Å². The zero-order valence-corrected chi connectivity index (χ0v) is 9.85. The van der Waals surface area contributed by atoms with Gasteiger partial charge in [0.05, 0.1) is 7.11 Å². The van der Waals surface area contributed by atoms with Gasteiger partial charge in [0.25, 0.3) is 0 Å². The van der Waals surface area contributed by atoms with Crippen molar-refractivity contribution in [3.63, 3.8) is 0 Å². The molecule has 1 rings (SSSR count). The maximum absolute atomic E-state index is 11.3. The smallest absolute Gasteiger partial charge is 0.152 e. The first kappa shape index (κ1) is 11.4. The van der Waals surface area contributed by atoms with E-state index in [9.17, 15) is 4.55 Å². The molecule has 78 valence electrons. The predicted octanol–water partition coefficient (Wildman–Crippen LogP) is 2.56. The zero-order valence-electron chi connectivity index (χ0n) is 9.03. The molecule has 0 saturated carbocycles. The number of hydrogen-bond donors (Lipinski definition) is 0. The molecule has 1 aromatic rings. The third-order valence-electron chi connectivity index (χ3n) is 2.16. The summed E-state index contributed by atoms with van der Waals surface area (Å²) in [5.74, 6) is 1.25. The fraction of sp³-hybridized carbons (Fsp3) is 0.455. The summed E-state index contributed by atoms with van der Waals surface area (Å²) in [5.41, 5.74) is 1.11. The summed E-state index contributed by atoms with van der Waals surface area (Å²) in [6.45, 7) is 4.19. The molecule has 14 heavy (non-hydrogen) atoms. The van der Waals surface area contributed by atoms with E-state index in [0.29, 0.717) is 5.92 Å². The molecule has 0 spiro atoms. The van der Waals surface area contributed by atoms with Crippen LogP contribution in [0.1, 0.15) is 25.3 Å². The molecule has 0 bridgehead atoms. The third-order valence-corrected chi connectivity index (χ3v) is 3.07. The molecule has 0 heterocycles. The van der Waals surface area contributed by atoms with Crippen LogP contribution in [-0.4, -0.2) is 17.9 Å². The van der Waals surface area contributed by atoms with Gasteiger partial charge in [0.1, 0.15) is 12.0 Å². The quantitative estimate of drug-likeness (QED) is 0.721. The molecule has 0 radical (unpaired) electrons. The first-order chi connectivity index (χ1) is 6.56. The van der Waals surface area contributed by atoms with E-state index < -0.39 is 11.2 Å². The van der Waals surface area contributed by atoms with Crippen LogP contribution in [0.5, 0.6) is 5.75 Å². The van der Waals surface area contributed by atoms with Crippen LogP contribution in [0.2, 0.25) is 0 Å². The summed E-state index contributed by atoms with van der Waals surface area (Å²) < 4.78 is 16.5. The van der Waals surface area contributed by atoms with Crippen molar-refractivity contribution in [3.05, 3.63) is 23.8 Å². The highest BCUT2D eigenvalue weighted by Crippen LogP contribution is 2.28. The molecule has 0 amide bonds. The molecule has 2 nitrogen and oxygen atoms in total. The highest BCUT2D eigenvalue weighted by molar-refractivity contribution is 7.90. The van der Waals surface area contributed by atoms with Crippen molar-refractivity contribution in [2.75, 3.05) is 13.4 Å². The molecule has 0 aliphatic heterocycles. The van der Waals surface area contributed by atoms with Gasteiger partial charge in [-0.1, -0.05) is 13.8 Å². The van der Waals surface area contributed by atoms with Crippen LogP contribution in [0.3, 0.4) is 0 Å². The number of benzene rings is 1. The average molecular weight is 212 g/mol. The molecule has 0 fully saturated rings. The maximum Gasteiger partial charge on any atom is 0.152 e. The zero-order chi connectivity index (χ0) is 10.7. The third kappa shape index (κ3) is 2.42. The number of rotatable bonds is 3. The SMILES string of the molecule is COc1ccc([S+](C)[O-])cc1C(C)C. The molecule has 0 aliphatic rings. The van der Waals surface area contributed by atoms with Crippen molar-refractivity contribution in [3.8, 4) is 5.75 Å². The lowest BCUT2D eigenvalue weighted by Gasteiger charge is -2.13. The average Bonchev–Trinajstić information content (AvgIpc) is 2.16. The second-order valence-electron chi connectivity index (χ2n) is 3.51. The van der Waals surface area contributed by atoms with Crippen LogP contribution in [0.15, 0.2) is 23.1 Å². The van der Waals surface area contributed by atoms with Gasteiger partial charge in [-0.25, -0.2) is 0 Å². The molecule has 3 heteroatoms. The topological polar surface area (TPSA) is 32.3 Å². The van der Waals surface area contributed by atoms with Crippen LogP contribution in [0.4, 0.5) is 0 Å². The second-order valence-corrected chi connectivity index (χ2v) is 4.89. The van der Waals surface area contributed by atoms with Crippen molar-refractivity contribution < 1.29 is 9.29 Å². The van der Waals surface area contributed by atoms with Crippen LogP contribution in [-0.2, 0) is 11.2 Å². The largest absolute Gasteiger partial charge is 0.612 e. The molecular formula is C11H16O2S. The Morgan fingerprint density at radius 2 is 2.00 bits per heavy atom. The van der Waals surface area contributed by atoms with E-state index in [1.165, 1.54) is 0 Å². The summed E-state index contributed by atoms with van der Waals surface area (Å²) in [6.07, 6.45) is 1.69. The molecule has 1 unspecified atom stereocenters. The number of ether oxygens (including phenoxy) is 1. The van der Waals surface area contributed by atoms with Crippen LogP contribution < -0.4 is 4.74 Å². The molecule has 1 aromatic carbocycles. The highest BCUT2D eigenvalue weighted by Gasteiger charge is 2.12. The van der Waals surface area contributed by atoms with E-state index in [2.05, 4.69) is 13.8 Å². The standard InChI is InChI=1S/C11H16O2S/c1-8(2)10-7-9(14(4)12)5-6-11(10)13-3/h5-8H,1-4H3. The minimum atomic E-state index is -0.922. The van der Waals surface area contributed by atoms with Crippen molar-refractivity contribution in [2.24, 2.45) is 0 Å². The Balaban J connectivity index is 3.14. The molecule has 0 aliphatic carbocycles. The lowest BCUT2D eigenvalue weighted by Crippen LogP contribution is -2.01. The molecular weight excluding hydrogens is 196 g/mol. The first-order valence-corrected chi connectivity index (χ1v) is 6.13. The van der Waals surface area contributed by atoms with Gasteiger partial charge in [-0.3, -0.25) is 0 Å².